The van der Waals surface area contributed by atoms with Crippen molar-refractivity contribution in [1.29, 1.82) is 0 Å². The van der Waals surface area contributed by atoms with E-state index in [1.807, 2.05) is 35.2 Å². The van der Waals surface area contributed by atoms with Gasteiger partial charge in [-0.1, -0.05) is 24.9 Å². The highest BCUT2D eigenvalue weighted by Crippen LogP contribution is 2.32. The maximum Gasteiger partial charge on any atom is 0.254 e. The normalized spacial score (nSPS) is 13.5. The molecular weight excluding hydrogens is 530 g/mol. The Morgan fingerprint density at radius 2 is 1.75 bits per heavy atom. The summed E-state index contributed by atoms with van der Waals surface area (Å²) in [5.74, 6) is 1.92. The summed E-state index contributed by atoms with van der Waals surface area (Å²) >= 11 is 5.99. The number of rotatable bonds is 10. The van der Waals surface area contributed by atoms with Gasteiger partial charge in [0.1, 0.15) is 18.0 Å². The molecular formula is C30H36ClN5O4. The first-order valence-corrected chi connectivity index (χ1v) is 13.9. The molecule has 0 unspecified atom stereocenters. The average molecular weight is 566 g/mol. The molecule has 1 fully saturated rings. The van der Waals surface area contributed by atoms with Crippen molar-refractivity contribution in [3.05, 3.63) is 65.2 Å². The zero-order valence-corrected chi connectivity index (χ0v) is 24.1. The lowest BCUT2D eigenvalue weighted by atomic mass is 10.1. The Bertz CT molecular complexity index is 1290. The molecule has 0 saturated carbocycles. The molecule has 0 atom stereocenters. The molecule has 3 aromatic rings. The summed E-state index contributed by atoms with van der Waals surface area (Å²) < 4.78 is 10.8. The highest BCUT2D eigenvalue weighted by atomic mass is 35.5. The summed E-state index contributed by atoms with van der Waals surface area (Å²) in [6, 6.07) is 16.2. The second-order valence-corrected chi connectivity index (χ2v) is 10.1. The Labute approximate surface area is 240 Å². The molecule has 10 heteroatoms. The van der Waals surface area contributed by atoms with Crippen LogP contribution in [0.4, 0.5) is 5.82 Å². The van der Waals surface area contributed by atoms with Gasteiger partial charge >= 0.3 is 0 Å². The number of carbonyl (C=O) groups is 2. The van der Waals surface area contributed by atoms with Crippen LogP contribution in [0, 0.1) is 0 Å². The second kappa shape index (κ2) is 14.0. The van der Waals surface area contributed by atoms with E-state index in [1.165, 1.54) is 0 Å². The van der Waals surface area contributed by atoms with Crippen molar-refractivity contribution in [3.8, 4) is 22.8 Å². The first kappa shape index (κ1) is 29.1. The third kappa shape index (κ3) is 7.21. The van der Waals surface area contributed by atoms with E-state index in [1.54, 1.807) is 43.4 Å². The van der Waals surface area contributed by atoms with Gasteiger partial charge < -0.3 is 24.2 Å². The third-order valence-corrected chi connectivity index (χ3v) is 7.25. The van der Waals surface area contributed by atoms with Crippen molar-refractivity contribution < 1.29 is 19.1 Å². The van der Waals surface area contributed by atoms with Crippen LogP contribution < -0.4 is 14.4 Å². The Morgan fingerprint density at radius 3 is 2.42 bits per heavy atom. The molecule has 212 valence electrons. The highest BCUT2D eigenvalue weighted by molar-refractivity contribution is 6.30. The molecule has 1 aliphatic heterocycles. The second-order valence-electron chi connectivity index (χ2n) is 9.65. The van der Waals surface area contributed by atoms with Crippen molar-refractivity contribution in [2.24, 2.45) is 0 Å². The summed E-state index contributed by atoms with van der Waals surface area (Å²) in [5.41, 5.74) is 2.06. The number of methoxy groups -OCH3 is 2. The van der Waals surface area contributed by atoms with Crippen molar-refractivity contribution in [3.63, 3.8) is 0 Å². The zero-order valence-electron chi connectivity index (χ0n) is 23.3. The molecule has 1 aromatic heterocycles. The standard InChI is InChI=1S/C30H36ClN5O4/c1-4-5-15-36(30(38)22-7-9-23(31)10-8-22)21-29(37)35-17-6-16-34(18-19-35)28-14-13-26(32-33-28)25-12-11-24(39-2)20-27(25)40-3/h7-14,20H,4-6,15-19,21H2,1-3H3. The van der Waals surface area contributed by atoms with Gasteiger partial charge in [0, 0.05) is 54.9 Å². The van der Waals surface area contributed by atoms with E-state index in [4.69, 9.17) is 21.1 Å². The molecule has 0 N–H and O–H groups in total. The molecule has 2 heterocycles. The van der Waals surface area contributed by atoms with Crippen LogP contribution in [-0.2, 0) is 4.79 Å². The maximum absolute atomic E-state index is 13.3. The number of halogens is 1. The minimum atomic E-state index is -0.154. The number of unbranched alkanes of at least 4 members (excludes halogenated alkanes) is 1. The minimum Gasteiger partial charge on any atom is -0.497 e. The molecule has 9 nitrogen and oxygen atoms in total. The van der Waals surface area contributed by atoms with Crippen LogP contribution in [0.25, 0.3) is 11.3 Å². The Kier molecular flexibility index (Phi) is 10.2. The zero-order chi connectivity index (χ0) is 28.5. The van der Waals surface area contributed by atoms with E-state index in [-0.39, 0.29) is 18.4 Å². The number of hydrogen-bond acceptors (Lipinski definition) is 7. The first-order chi connectivity index (χ1) is 19.4. The smallest absolute Gasteiger partial charge is 0.254 e. The third-order valence-electron chi connectivity index (χ3n) is 6.99. The molecule has 2 aromatic carbocycles. The highest BCUT2D eigenvalue weighted by Gasteiger charge is 2.25. The average Bonchev–Trinajstić information content (AvgIpc) is 3.25. The predicted molar refractivity (Wildman–Crippen MR) is 156 cm³/mol. The van der Waals surface area contributed by atoms with Crippen LogP contribution in [0.3, 0.4) is 0 Å². The van der Waals surface area contributed by atoms with Crippen LogP contribution in [0.2, 0.25) is 5.02 Å². The molecule has 1 saturated heterocycles. The number of anilines is 1. The van der Waals surface area contributed by atoms with E-state index < -0.39 is 0 Å². The monoisotopic (exact) mass is 565 g/mol. The summed E-state index contributed by atoms with van der Waals surface area (Å²) in [5, 5.41) is 9.50. The van der Waals surface area contributed by atoms with Crippen molar-refractivity contribution in [2.45, 2.75) is 26.2 Å². The van der Waals surface area contributed by atoms with Gasteiger partial charge in [-0.3, -0.25) is 9.59 Å². The van der Waals surface area contributed by atoms with Crippen LogP contribution in [0.15, 0.2) is 54.6 Å². The summed E-state index contributed by atoms with van der Waals surface area (Å²) in [4.78, 5) is 32.1. The van der Waals surface area contributed by atoms with Gasteiger partial charge in [-0.15, -0.1) is 10.2 Å². The number of carbonyl (C=O) groups excluding carboxylic acids is 2. The molecule has 0 radical (unpaired) electrons. The van der Waals surface area contributed by atoms with Crippen molar-refractivity contribution in [1.82, 2.24) is 20.0 Å². The fraction of sp³-hybridized carbons (Fsp3) is 0.400. The van der Waals surface area contributed by atoms with Gasteiger partial charge in [0.25, 0.3) is 5.91 Å². The fourth-order valence-electron chi connectivity index (χ4n) is 4.68. The summed E-state index contributed by atoms with van der Waals surface area (Å²) in [6.07, 6.45) is 2.56. The maximum atomic E-state index is 13.3. The quantitative estimate of drug-likeness (QED) is 0.349. The Morgan fingerprint density at radius 1 is 0.950 bits per heavy atom. The van der Waals surface area contributed by atoms with E-state index in [0.717, 1.165) is 37.2 Å². The van der Waals surface area contributed by atoms with Gasteiger partial charge in [-0.2, -0.15) is 0 Å². The largest absolute Gasteiger partial charge is 0.497 e. The first-order valence-electron chi connectivity index (χ1n) is 13.6. The lowest BCUT2D eigenvalue weighted by Crippen LogP contribution is -2.44. The molecule has 40 heavy (non-hydrogen) atoms. The van der Waals surface area contributed by atoms with Crippen LogP contribution in [-0.4, -0.2) is 85.3 Å². The minimum absolute atomic E-state index is 0.0479. The summed E-state index contributed by atoms with van der Waals surface area (Å²) in [7, 11) is 3.23. The van der Waals surface area contributed by atoms with Crippen molar-refractivity contribution >= 4 is 29.2 Å². The Hall–Kier alpha value is -3.85. The van der Waals surface area contributed by atoms with Gasteiger partial charge in [-0.05, 0) is 61.4 Å². The van der Waals surface area contributed by atoms with Crippen LogP contribution >= 0.6 is 11.6 Å². The van der Waals surface area contributed by atoms with E-state index in [9.17, 15) is 9.59 Å². The number of ether oxygens (including phenoxy) is 2. The van der Waals surface area contributed by atoms with Gasteiger partial charge in [0.2, 0.25) is 5.91 Å². The van der Waals surface area contributed by atoms with E-state index >= 15 is 0 Å². The van der Waals surface area contributed by atoms with Crippen molar-refractivity contribution in [2.75, 3.05) is 58.4 Å². The molecule has 0 aliphatic carbocycles. The SMILES string of the molecule is CCCCN(CC(=O)N1CCCN(c2ccc(-c3ccc(OC)cc3OC)nn2)CC1)C(=O)c1ccc(Cl)cc1. The number of amides is 2. The topological polar surface area (TPSA) is 88.1 Å². The number of aromatic nitrogens is 2. The van der Waals surface area contributed by atoms with Gasteiger partial charge in [-0.25, -0.2) is 0 Å². The van der Waals surface area contributed by atoms with E-state index in [2.05, 4.69) is 22.0 Å². The van der Waals surface area contributed by atoms with Crippen LogP contribution in [0.1, 0.15) is 36.5 Å². The van der Waals surface area contributed by atoms with Gasteiger partial charge in [0.05, 0.1) is 19.9 Å². The molecule has 1 aliphatic rings. The lowest BCUT2D eigenvalue weighted by molar-refractivity contribution is -0.131. The fourth-order valence-corrected chi connectivity index (χ4v) is 4.81. The number of benzene rings is 2. The molecule has 4 rings (SSSR count). The van der Waals surface area contributed by atoms with Crippen LogP contribution in [0.5, 0.6) is 11.5 Å². The van der Waals surface area contributed by atoms with Gasteiger partial charge in [0.15, 0.2) is 5.82 Å². The molecule has 0 spiro atoms. The van der Waals surface area contributed by atoms with E-state index in [0.29, 0.717) is 54.0 Å². The molecule has 2 amide bonds. The number of nitrogens with zero attached hydrogens (tertiary/aromatic N) is 5. The lowest BCUT2D eigenvalue weighted by Gasteiger charge is -2.27. The molecule has 0 bridgehead atoms. The predicted octanol–water partition coefficient (Wildman–Crippen LogP) is 4.80. The Balaban J connectivity index is 1.39. The number of hydrogen-bond donors (Lipinski definition) is 0. The summed E-state index contributed by atoms with van der Waals surface area (Å²) in [6.45, 7) is 5.22.